The van der Waals surface area contributed by atoms with Gasteiger partial charge in [0.1, 0.15) is 6.10 Å². The Bertz CT molecular complexity index is 654. The minimum Gasteiger partial charge on any atom is -0.748 e. The second-order valence-corrected chi connectivity index (χ2v) is 12.1. The van der Waals surface area contributed by atoms with Crippen LogP contribution in [-0.2, 0) is 24.4 Å². The SMILES string of the molecule is CCCCCCOC1CCC(C(=O)OC2CCC(C3CCC(S(=O)(=O)[O-])CC3)CC2)CC1. The first kappa shape index (κ1) is 26.0. The van der Waals surface area contributed by atoms with Gasteiger partial charge in [-0.15, -0.1) is 0 Å². The van der Waals surface area contributed by atoms with Crippen LogP contribution in [0.3, 0.4) is 0 Å². The molecule has 0 atom stereocenters. The van der Waals surface area contributed by atoms with Crippen molar-refractivity contribution < 1.29 is 27.2 Å². The van der Waals surface area contributed by atoms with Crippen LogP contribution in [0.2, 0.25) is 0 Å². The predicted octanol–water partition coefficient (Wildman–Crippen LogP) is 5.35. The van der Waals surface area contributed by atoms with Gasteiger partial charge in [-0.3, -0.25) is 4.79 Å². The van der Waals surface area contributed by atoms with Gasteiger partial charge in [-0.05, 0) is 95.3 Å². The van der Waals surface area contributed by atoms with Crippen molar-refractivity contribution in [2.75, 3.05) is 6.61 Å². The number of ether oxygens (including phenoxy) is 2. The lowest BCUT2D eigenvalue weighted by Gasteiger charge is -2.38. The Morgan fingerprint density at radius 1 is 0.781 bits per heavy atom. The number of unbranched alkanes of at least 4 members (excludes halogenated alkanes) is 3. The van der Waals surface area contributed by atoms with E-state index < -0.39 is 15.4 Å². The number of hydrogen-bond donors (Lipinski definition) is 0. The van der Waals surface area contributed by atoms with Crippen LogP contribution in [0, 0.1) is 17.8 Å². The van der Waals surface area contributed by atoms with Crippen LogP contribution in [0.25, 0.3) is 0 Å². The molecule has 3 aliphatic carbocycles. The quantitative estimate of drug-likeness (QED) is 0.242. The van der Waals surface area contributed by atoms with Crippen molar-refractivity contribution in [2.24, 2.45) is 17.8 Å². The summed E-state index contributed by atoms with van der Waals surface area (Å²) in [7, 11) is -4.14. The molecule has 0 saturated heterocycles. The molecule has 0 aromatic carbocycles. The van der Waals surface area contributed by atoms with E-state index >= 15 is 0 Å². The van der Waals surface area contributed by atoms with Gasteiger partial charge in [-0.1, -0.05) is 26.2 Å². The van der Waals surface area contributed by atoms with Crippen LogP contribution in [0.5, 0.6) is 0 Å². The van der Waals surface area contributed by atoms with Crippen molar-refractivity contribution in [3.63, 3.8) is 0 Å². The Labute approximate surface area is 194 Å². The fraction of sp³-hybridized carbons (Fsp3) is 0.960. The van der Waals surface area contributed by atoms with Crippen LogP contribution >= 0.6 is 0 Å². The molecule has 0 unspecified atom stereocenters. The molecule has 0 aliphatic heterocycles. The summed E-state index contributed by atoms with van der Waals surface area (Å²) in [6, 6.07) is 0. The molecule has 0 radical (unpaired) electrons. The molecule has 3 rings (SSSR count). The molecule has 0 aromatic heterocycles. The molecule has 186 valence electrons. The lowest BCUT2D eigenvalue weighted by molar-refractivity contribution is -0.158. The highest BCUT2D eigenvalue weighted by atomic mass is 32.2. The predicted molar refractivity (Wildman–Crippen MR) is 123 cm³/mol. The maximum Gasteiger partial charge on any atom is 0.309 e. The average molecular weight is 472 g/mol. The van der Waals surface area contributed by atoms with Crippen molar-refractivity contribution in [2.45, 2.75) is 127 Å². The first-order valence-electron chi connectivity index (χ1n) is 13.1. The summed E-state index contributed by atoms with van der Waals surface area (Å²) >= 11 is 0. The fourth-order valence-electron chi connectivity index (χ4n) is 6.03. The minimum absolute atomic E-state index is 0.0176. The summed E-state index contributed by atoms with van der Waals surface area (Å²) in [5.41, 5.74) is 0. The first-order chi connectivity index (χ1) is 15.4. The third kappa shape index (κ3) is 7.98. The molecule has 3 aliphatic rings. The zero-order valence-electron chi connectivity index (χ0n) is 19.8. The summed E-state index contributed by atoms with van der Waals surface area (Å²) < 4.78 is 45.6. The smallest absolute Gasteiger partial charge is 0.309 e. The van der Waals surface area contributed by atoms with Crippen LogP contribution in [0.4, 0.5) is 0 Å². The second kappa shape index (κ2) is 12.7. The van der Waals surface area contributed by atoms with Gasteiger partial charge < -0.3 is 14.0 Å². The van der Waals surface area contributed by atoms with Crippen LogP contribution in [-0.4, -0.2) is 43.0 Å². The first-order valence-corrected chi connectivity index (χ1v) is 14.6. The normalized spacial score (nSPS) is 34.2. The summed E-state index contributed by atoms with van der Waals surface area (Å²) in [6.07, 6.45) is 15.5. The minimum atomic E-state index is -4.14. The second-order valence-electron chi connectivity index (χ2n) is 10.4. The molecule has 3 fully saturated rings. The Morgan fingerprint density at radius 3 is 1.91 bits per heavy atom. The molecule has 0 heterocycles. The van der Waals surface area contributed by atoms with Gasteiger partial charge in [0.15, 0.2) is 0 Å². The van der Waals surface area contributed by atoms with Gasteiger partial charge in [0.25, 0.3) is 0 Å². The van der Waals surface area contributed by atoms with E-state index in [0.29, 0.717) is 30.8 Å². The molecule has 0 bridgehead atoms. The standard InChI is InChI=1S/C25H44O6S/c1-2-3-4-5-18-30-22-12-8-21(9-13-22)25(26)31-23-14-6-19(7-15-23)20-10-16-24(17-11-20)32(27,28)29/h19-24H,2-18H2,1H3,(H,27,28,29)/p-1. The van der Waals surface area contributed by atoms with Gasteiger partial charge in [-0.2, -0.15) is 0 Å². The van der Waals surface area contributed by atoms with Gasteiger partial charge in [0, 0.05) is 11.9 Å². The third-order valence-electron chi connectivity index (χ3n) is 8.15. The van der Waals surface area contributed by atoms with E-state index in [9.17, 15) is 17.8 Å². The summed E-state index contributed by atoms with van der Waals surface area (Å²) in [6.45, 7) is 3.06. The highest BCUT2D eigenvalue weighted by Gasteiger charge is 2.35. The monoisotopic (exact) mass is 471 g/mol. The molecule has 0 amide bonds. The Hall–Kier alpha value is -0.660. The maximum absolute atomic E-state index is 12.7. The van der Waals surface area contributed by atoms with Gasteiger partial charge in [-0.25, -0.2) is 8.42 Å². The average Bonchev–Trinajstić information content (AvgIpc) is 2.79. The molecule has 3 saturated carbocycles. The molecule has 32 heavy (non-hydrogen) atoms. The van der Waals surface area contributed by atoms with E-state index in [0.717, 1.165) is 77.2 Å². The molecule has 0 spiro atoms. The Morgan fingerprint density at radius 2 is 1.34 bits per heavy atom. The zero-order chi connectivity index (χ0) is 23.0. The van der Waals surface area contributed by atoms with Crippen molar-refractivity contribution in [1.29, 1.82) is 0 Å². The number of esters is 1. The lowest BCUT2D eigenvalue weighted by atomic mass is 9.73. The van der Waals surface area contributed by atoms with E-state index in [-0.39, 0.29) is 18.0 Å². The number of rotatable bonds is 10. The van der Waals surface area contributed by atoms with E-state index in [1.54, 1.807) is 0 Å². The van der Waals surface area contributed by atoms with Crippen molar-refractivity contribution in [1.82, 2.24) is 0 Å². The third-order valence-corrected chi connectivity index (χ3v) is 9.44. The van der Waals surface area contributed by atoms with Crippen LogP contribution in [0.15, 0.2) is 0 Å². The van der Waals surface area contributed by atoms with E-state index in [4.69, 9.17) is 9.47 Å². The molecule has 0 aromatic rings. The highest BCUT2D eigenvalue weighted by molar-refractivity contribution is 7.86. The van der Waals surface area contributed by atoms with Crippen molar-refractivity contribution in [3.05, 3.63) is 0 Å². The Balaban J connectivity index is 1.29. The van der Waals surface area contributed by atoms with E-state index in [2.05, 4.69) is 6.92 Å². The van der Waals surface area contributed by atoms with Gasteiger partial charge in [0.2, 0.25) is 0 Å². The Kier molecular flexibility index (Phi) is 10.3. The molecule has 0 N–H and O–H groups in total. The van der Waals surface area contributed by atoms with Crippen LogP contribution in [0.1, 0.15) is 110 Å². The van der Waals surface area contributed by atoms with E-state index in [1.807, 2.05) is 0 Å². The number of carbonyl (C=O) groups excluding carboxylic acids is 1. The molecular weight excluding hydrogens is 428 g/mol. The summed E-state index contributed by atoms with van der Waals surface area (Å²) in [4.78, 5) is 12.7. The van der Waals surface area contributed by atoms with Gasteiger partial charge >= 0.3 is 5.97 Å². The molecular formula is C25H43O6S-. The maximum atomic E-state index is 12.7. The largest absolute Gasteiger partial charge is 0.748 e. The van der Waals surface area contributed by atoms with E-state index in [1.165, 1.54) is 19.3 Å². The lowest BCUT2D eigenvalue weighted by Crippen LogP contribution is -2.34. The number of carbonyl (C=O) groups is 1. The van der Waals surface area contributed by atoms with Crippen molar-refractivity contribution in [3.8, 4) is 0 Å². The zero-order valence-corrected chi connectivity index (χ0v) is 20.7. The number of hydrogen-bond acceptors (Lipinski definition) is 6. The summed E-state index contributed by atoms with van der Waals surface area (Å²) in [5.74, 6) is 1.10. The highest BCUT2D eigenvalue weighted by Crippen LogP contribution is 2.40. The van der Waals surface area contributed by atoms with Crippen molar-refractivity contribution >= 4 is 16.1 Å². The van der Waals surface area contributed by atoms with Gasteiger partial charge in [0.05, 0.1) is 22.1 Å². The molecule has 7 heteroatoms. The fourth-order valence-corrected chi connectivity index (χ4v) is 6.88. The van der Waals surface area contributed by atoms with Crippen LogP contribution < -0.4 is 0 Å². The topological polar surface area (TPSA) is 92.7 Å². The molecule has 6 nitrogen and oxygen atoms in total. The summed E-state index contributed by atoms with van der Waals surface area (Å²) in [5, 5.41) is -0.683.